The van der Waals surface area contributed by atoms with Crippen molar-refractivity contribution in [3.63, 3.8) is 0 Å². The first-order valence-corrected chi connectivity index (χ1v) is 15.9. The van der Waals surface area contributed by atoms with Gasteiger partial charge in [0.05, 0.1) is 19.2 Å². The Bertz CT molecular complexity index is 1690. The molecule has 5 rings (SSSR count). The lowest BCUT2D eigenvalue weighted by Gasteiger charge is -2.35. The molecule has 2 aliphatic heterocycles. The second-order valence-electron chi connectivity index (χ2n) is 11.4. The molecule has 0 saturated carbocycles. The molecule has 2 aliphatic rings. The van der Waals surface area contributed by atoms with Gasteiger partial charge in [0, 0.05) is 56.3 Å². The van der Waals surface area contributed by atoms with Crippen molar-refractivity contribution >= 4 is 46.4 Å². The minimum atomic E-state index is -1.15. The van der Waals surface area contributed by atoms with Crippen LogP contribution >= 0.6 is 0 Å². The smallest absolute Gasteiger partial charge is 0.409 e. The maximum absolute atomic E-state index is 13.6. The van der Waals surface area contributed by atoms with E-state index >= 15 is 0 Å². The lowest BCUT2D eigenvalue weighted by Crippen LogP contribution is -2.56. The molecular weight excluding hydrogens is 622 g/mol. The quantitative estimate of drug-likeness (QED) is 0.312. The standard InChI is InChI=1S/C34H39N5O9/c1-3-47-34(45)38-17-15-37(16-18-38)33(44)26(11-13-31(41)42)36-32(43)27-20-29(24-8-4-5-9-25(24)35-27)48-21-30(40)39-14-6-7-22-19-23(46-2)10-12-28(22)39/h4-5,8-10,12,19-20,26H,3,6-7,11,13-18,21H2,1-2H3,(H,36,43)(H,41,42)/t26-/m0/s1. The number of pyridine rings is 1. The van der Waals surface area contributed by atoms with E-state index in [0.717, 1.165) is 29.8 Å². The van der Waals surface area contributed by atoms with E-state index in [1.807, 2.05) is 18.2 Å². The lowest BCUT2D eigenvalue weighted by molar-refractivity contribution is -0.138. The number of carbonyl (C=O) groups excluding carboxylic acids is 4. The van der Waals surface area contributed by atoms with Crippen LogP contribution in [0.25, 0.3) is 10.9 Å². The van der Waals surface area contributed by atoms with E-state index in [2.05, 4.69) is 10.3 Å². The molecule has 14 heteroatoms. The minimum absolute atomic E-state index is 0.0631. The van der Waals surface area contributed by atoms with E-state index < -0.39 is 29.9 Å². The molecule has 1 aromatic heterocycles. The summed E-state index contributed by atoms with van der Waals surface area (Å²) in [5.74, 6) is -1.56. The number of anilines is 1. The summed E-state index contributed by atoms with van der Waals surface area (Å²) in [5, 5.41) is 12.6. The highest BCUT2D eigenvalue weighted by molar-refractivity contribution is 6.00. The number of amides is 4. The first kappa shape index (κ1) is 33.9. The van der Waals surface area contributed by atoms with Gasteiger partial charge in [-0.2, -0.15) is 0 Å². The van der Waals surface area contributed by atoms with Crippen LogP contribution in [0, 0.1) is 0 Å². The largest absolute Gasteiger partial charge is 0.497 e. The average molecular weight is 662 g/mol. The van der Waals surface area contributed by atoms with Crippen molar-refractivity contribution in [3.8, 4) is 11.5 Å². The third-order valence-corrected chi connectivity index (χ3v) is 8.34. The molecule has 1 atom stereocenters. The molecular formula is C34H39N5O9. The van der Waals surface area contributed by atoms with Crippen molar-refractivity contribution in [2.24, 2.45) is 0 Å². The first-order chi connectivity index (χ1) is 23.2. The molecule has 2 N–H and O–H groups in total. The van der Waals surface area contributed by atoms with Crippen molar-refractivity contribution < 1.29 is 43.3 Å². The third-order valence-electron chi connectivity index (χ3n) is 8.34. The number of nitrogens with one attached hydrogen (secondary N) is 1. The van der Waals surface area contributed by atoms with Gasteiger partial charge in [-0.1, -0.05) is 12.1 Å². The Labute approximate surface area is 277 Å². The van der Waals surface area contributed by atoms with Gasteiger partial charge in [-0.05, 0) is 62.1 Å². The number of fused-ring (bicyclic) bond motifs is 2. The Morgan fingerprint density at radius 2 is 1.73 bits per heavy atom. The van der Waals surface area contributed by atoms with Crippen LogP contribution in [0.15, 0.2) is 48.5 Å². The highest BCUT2D eigenvalue weighted by atomic mass is 16.6. The van der Waals surface area contributed by atoms with E-state index in [1.165, 1.54) is 15.9 Å². The van der Waals surface area contributed by atoms with Crippen molar-refractivity contribution in [2.45, 2.75) is 38.6 Å². The molecule has 1 fully saturated rings. The van der Waals surface area contributed by atoms with Gasteiger partial charge in [0.25, 0.3) is 11.8 Å². The van der Waals surface area contributed by atoms with Crippen molar-refractivity contribution in [3.05, 3.63) is 59.8 Å². The summed E-state index contributed by atoms with van der Waals surface area (Å²) in [4.78, 5) is 73.1. The zero-order valence-corrected chi connectivity index (χ0v) is 27.0. The number of piperazine rings is 1. The molecule has 3 aromatic rings. The SMILES string of the molecule is CCOC(=O)N1CCN(C(=O)[C@H](CCC(=O)O)NC(=O)c2cc(OCC(=O)N3CCCc4cc(OC)ccc43)c3ccccc3n2)CC1. The van der Waals surface area contributed by atoms with Crippen LogP contribution in [0.1, 0.15) is 42.2 Å². The zero-order chi connectivity index (χ0) is 34.2. The summed E-state index contributed by atoms with van der Waals surface area (Å²) >= 11 is 0. The summed E-state index contributed by atoms with van der Waals surface area (Å²) in [7, 11) is 1.60. The topological polar surface area (TPSA) is 168 Å². The fourth-order valence-corrected chi connectivity index (χ4v) is 5.86. The molecule has 254 valence electrons. The fraction of sp³-hybridized carbons (Fsp3) is 0.412. The normalized spacial score (nSPS) is 14.9. The van der Waals surface area contributed by atoms with Crippen molar-refractivity contribution in [2.75, 3.05) is 57.9 Å². The van der Waals surface area contributed by atoms with Crippen LogP contribution in [-0.4, -0.2) is 109 Å². The first-order valence-electron chi connectivity index (χ1n) is 15.9. The molecule has 0 aliphatic carbocycles. The number of hydrogen-bond acceptors (Lipinski definition) is 9. The number of carboxylic acids is 1. The van der Waals surface area contributed by atoms with Crippen LogP contribution in [0.4, 0.5) is 10.5 Å². The molecule has 0 radical (unpaired) electrons. The number of aryl methyl sites for hydroxylation is 1. The number of aliphatic carboxylic acids is 1. The van der Waals surface area contributed by atoms with Gasteiger partial charge in [0.2, 0.25) is 5.91 Å². The summed E-state index contributed by atoms with van der Waals surface area (Å²) in [6, 6.07) is 12.9. The highest BCUT2D eigenvalue weighted by Gasteiger charge is 2.31. The van der Waals surface area contributed by atoms with E-state index in [9.17, 15) is 29.1 Å². The van der Waals surface area contributed by atoms with Gasteiger partial charge in [-0.3, -0.25) is 19.2 Å². The molecule has 48 heavy (non-hydrogen) atoms. The van der Waals surface area contributed by atoms with Crippen LogP contribution in [0.3, 0.4) is 0 Å². The number of hydrogen-bond donors (Lipinski definition) is 2. The van der Waals surface area contributed by atoms with Gasteiger partial charge in [-0.15, -0.1) is 0 Å². The summed E-state index contributed by atoms with van der Waals surface area (Å²) in [6.45, 7) is 3.07. The average Bonchev–Trinajstić information content (AvgIpc) is 3.11. The Kier molecular flexibility index (Phi) is 10.9. The summed E-state index contributed by atoms with van der Waals surface area (Å²) in [6.07, 6.45) is 0.644. The number of carboxylic acid groups (broad SMARTS) is 1. The van der Waals surface area contributed by atoms with Crippen LogP contribution < -0.4 is 19.7 Å². The van der Waals surface area contributed by atoms with Gasteiger partial charge in [-0.25, -0.2) is 9.78 Å². The number of carbonyl (C=O) groups is 5. The molecule has 4 amide bonds. The maximum atomic E-state index is 13.6. The van der Waals surface area contributed by atoms with E-state index in [-0.39, 0.29) is 69.6 Å². The van der Waals surface area contributed by atoms with Gasteiger partial charge in [0.15, 0.2) is 6.61 Å². The number of methoxy groups -OCH3 is 1. The number of benzene rings is 2. The molecule has 0 unspecified atom stereocenters. The second kappa shape index (κ2) is 15.5. The predicted molar refractivity (Wildman–Crippen MR) is 174 cm³/mol. The Balaban J connectivity index is 1.31. The Morgan fingerprint density at radius 3 is 2.46 bits per heavy atom. The van der Waals surface area contributed by atoms with E-state index in [1.54, 1.807) is 43.2 Å². The Morgan fingerprint density at radius 1 is 0.979 bits per heavy atom. The predicted octanol–water partition coefficient (Wildman–Crippen LogP) is 2.87. The number of aromatic nitrogens is 1. The number of para-hydroxylation sites is 1. The van der Waals surface area contributed by atoms with Crippen LogP contribution in [-0.2, 0) is 25.5 Å². The number of nitrogens with zero attached hydrogens (tertiary/aromatic N) is 4. The molecule has 2 aromatic carbocycles. The monoisotopic (exact) mass is 661 g/mol. The fourth-order valence-electron chi connectivity index (χ4n) is 5.86. The summed E-state index contributed by atoms with van der Waals surface area (Å²) < 4.78 is 16.4. The number of rotatable bonds is 11. The maximum Gasteiger partial charge on any atom is 0.409 e. The minimum Gasteiger partial charge on any atom is -0.497 e. The zero-order valence-electron chi connectivity index (χ0n) is 27.0. The highest BCUT2D eigenvalue weighted by Crippen LogP contribution is 2.31. The number of ether oxygens (including phenoxy) is 3. The Hall–Kier alpha value is -5.40. The third kappa shape index (κ3) is 7.93. The summed E-state index contributed by atoms with van der Waals surface area (Å²) in [5.41, 5.74) is 2.18. The molecule has 3 heterocycles. The van der Waals surface area contributed by atoms with E-state index in [0.29, 0.717) is 17.4 Å². The van der Waals surface area contributed by atoms with E-state index in [4.69, 9.17) is 14.2 Å². The van der Waals surface area contributed by atoms with Gasteiger partial charge >= 0.3 is 12.1 Å². The molecule has 14 nitrogen and oxygen atoms in total. The second-order valence-corrected chi connectivity index (χ2v) is 11.4. The lowest BCUT2D eigenvalue weighted by atomic mass is 10.0. The van der Waals surface area contributed by atoms with Gasteiger partial charge < -0.3 is 39.3 Å². The molecule has 0 spiro atoms. The van der Waals surface area contributed by atoms with Crippen molar-refractivity contribution in [1.82, 2.24) is 20.1 Å². The molecule has 0 bridgehead atoms. The van der Waals surface area contributed by atoms with Crippen molar-refractivity contribution in [1.29, 1.82) is 0 Å². The van der Waals surface area contributed by atoms with Crippen LogP contribution in [0.5, 0.6) is 11.5 Å². The van der Waals surface area contributed by atoms with Gasteiger partial charge in [0.1, 0.15) is 23.2 Å². The molecule has 1 saturated heterocycles. The van der Waals surface area contributed by atoms with Crippen LogP contribution in [0.2, 0.25) is 0 Å².